The minimum absolute atomic E-state index is 0.0970. The topological polar surface area (TPSA) is 58.7 Å². The molecule has 0 N–H and O–H groups in total. The quantitative estimate of drug-likeness (QED) is 0.864. The smallest absolute Gasteiger partial charge is 0.266 e. The predicted octanol–water partition coefficient (Wildman–Crippen LogP) is 3.59. The molecule has 0 amide bonds. The zero-order valence-corrected chi connectivity index (χ0v) is 15.2. The van der Waals surface area contributed by atoms with Crippen LogP contribution in [0.15, 0.2) is 29.1 Å². The summed E-state index contributed by atoms with van der Waals surface area (Å²) >= 11 is 0. The van der Waals surface area contributed by atoms with Crippen molar-refractivity contribution in [1.82, 2.24) is 9.78 Å². The van der Waals surface area contributed by atoms with Gasteiger partial charge >= 0.3 is 0 Å². The summed E-state index contributed by atoms with van der Waals surface area (Å²) in [5.41, 5.74) is 3.90. The lowest BCUT2D eigenvalue weighted by Gasteiger charge is -2.19. The summed E-state index contributed by atoms with van der Waals surface area (Å²) in [6, 6.07) is 10.3. The molecule has 0 spiro atoms. The van der Waals surface area contributed by atoms with Gasteiger partial charge in [0, 0.05) is 0 Å². The number of nitrogens with zero attached hydrogens (tertiary/aromatic N) is 3. The van der Waals surface area contributed by atoms with Crippen molar-refractivity contribution in [1.29, 1.82) is 5.26 Å². The first-order valence-corrected chi connectivity index (χ1v) is 8.44. The van der Waals surface area contributed by atoms with Crippen molar-refractivity contribution >= 4 is 0 Å². The largest absolute Gasteiger partial charge is 0.285 e. The number of nitriles is 1. The Morgan fingerprint density at radius 2 is 1.75 bits per heavy atom. The number of rotatable bonds is 4. The molecule has 0 radical (unpaired) electrons. The van der Waals surface area contributed by atoms with E-state index >= 15 is 0 Å². The van der Waals surface area contributed by atoms with Crippen molar-refractivity contribution in [2.75, 3.05) is 0 Å². The Morgan fingerprint density at radius 3 is 2.21 bits per heavy atom. The number of aromatic nitrogens is 2. The highest BCUT2D eigenvalue weighted by Gasteiger charge is 2.16. The van der Waals surface area contributed by atoms with E-state index in [-0.39, 0.29) is 16.5 Å². The average molecular weight is 323 g/mol. The molecule has 0 saturated carbocycles. The van der Waals surface area contributed by atoms with E-state index in [2.05, 4.69) is 44.1 Å². The van der Waals surface area contributed by atoms with E-state index in [0.717, 1.165) is 16.8 Å². The number of aryl methyl sites for hydroxylation is 1. The maximum Gasteiger partial charge on any atom is 0.285 e. The Morgan fingerprint density at radius 1 is 1.12 bits per heavy atom. The van der Waals surface area contributed by atoms with Crippen molar-refractivity contribution in [3.8, 4) is 6.07 Å². The molecule has 4 nitrogen and oxygen atoms in total. The van der Waals surface area contributed by atoms with Gasteiger partial charge in [0.1, 0.15) is 11.6 Å². The molecular formula is C20H25N3O. The molecule has 1 aromatic carbocycles. The van der Waals surface area contributed by atoms with Crippen LogP contribution >= 0.6 is 0 Å². The van der Waals surface area contributed by atoms with Gasteiger partial charge in [-0.15, -0.1) is 0 Å². The molecule has 0 unspecified atom stereocenters. The second kappa shape index (κ2) is 7.00. The van der Waals surface area contributed by atoms with Gasteiger partial charge < -0.3 is 0 Å². The molecule has 4 heteroatoms. The standard InChI is InChI=1S/C20H25N3O/c1-6-16-17(12-21)19(24)23(22-18(16)7-2)13-14-8-10-15(11-9-14)20(3,4)5/h8-11H,6-7,13H2,1-5H3. The molecule has 0 aliphatic rings. The van der Waals surface area contributed by atoms with Crippen molar-refractivity contribution in [3.63, 3.8) is 0 Å². The van der Waals surface area contributed by atoms with E-state index in [1.807, 2.05) is 26.0 Å². The first kappa shape index (κ1) is 17.9. The van der Waals surface area contributed by atoms with E-state index in [4.69, 9.17) is 0 Å². The van der Waals surface area contributed by atoms with Crippen molar-refractivity contribution in [2.24, 2.45) is 0 Å². The lowest BCUT2D eigenvalue weighted by molar-refractivity contribution is 0.587. The van der Waals surface area contributed by atoms with Crippen LogP contribution in [0.1, 0.15) is 62.6 Å². The molecule has 0 aliphatic carbocycles. The summed E-state index contributed by atoms with van der Waals surface area (Å²) in [6.45, 7) is 10.8. The average Bonchev–Trinajstić information content (AvgIpc) is 2.55. The van der Waals surface area contributed by atoms with E-state index in [0.29, 0.717) is 19.4 Å². The van der Waals surface area contributed by atoms with Gasteiger partial charge in [0.05, 0.1) is 12.2 Å². The molecule has 0 atom stereocenters. The summed E-state index contributed by atoms with van der Waals surface area (Å²) in [7, 11) is 0. The molecule has 0 bridgehead atoms. The van der Waals surface area contributed by atoms with Crippen LogP contribution in [0.3, 0.4) is 0 Å². The molecule has 1 heterocycles. The Labute approximate surface area is 143 Å². The molecule has 24 heavy (non-hydrogen) atoms. The number of hydrogen-bond donors (Lipinski definition) is 0. The Bertz CT molecular complexity index is 818. The third-order valence-corrected chi connectivity index (χ3v) is 4.29. The Kier molecular flexibility index (Phi) is 5.23. The highest BCUT2D eigenvalue weighted by Crippen LogP contribution is 2.22. The molecule has 126 valence electrons. The van der Waals surface area contributed by atoms with Crippen LogP contribution in [-0.4, -0.2) is 9.78 Å². The monoisotopic (exact) mass is 323 g/mol. The van der Waals surface area contributed by atoms with Crippen molar-refractivity contribution in [2.45, 2.75) is 59.4 Å². The van der Waals surface area contributed by atoms with Gasteiger partial charge in [-0.1, -0.05) is 58.9 Å². The second-order valence-corrected chi connectivity index (χ2v) is 7.03. The third-order valence-electron chi connectivity index (χ3n) is 4.29. The van der Waals surface area contributed by atoms with E-state index in [9.17, 15) is 10.1 Å². The minimum atomic E-state index is -0.300. The summed E-state index contributed by atoms with van der Waals surface area (Å²) in [4.78, 5) is 12.6. The first-order chi connectivity index (χ1) is 11.3. The van der Waals surface area contributed by atoms with Gasteiger partial charge in [0.25, 0.3) is 5.56 Å². The third kappa shape index (κ3) is 3.56. The van der Waals surface area contributed by atoms with Gasteiger partial charge in [-0.25, -0.2) is 4.68 Å². The molecule has 2 rings (SSSR count). The van der Waals surface area contributed by atoms with Crippen molar-refractivity contribution in [3.05, 3.63) is 62.6 Å². The van der Waals surface area contributed by atoms with E-state index in [1.54, 1.807) is 0 Å². The number of benzene rings is 1. The van der Waals surface area contributed by atoms with Crippen LogP contribution in [0, 0.1) is 11.3 Å². The van der Waals surface area contributed by atoms with Crippen LogP contribution in [0.5, 0.6) is 0 Å². The SMILES string of the molecule is CCc1nn(Cc2ccc(C(C)(C)C)cc2)c(=O)c(C#N)c1CC. The minimum Gasteiger partial charge on any atom is -0.266 e. The van der Waals surface area contributed by atoms with Crippen LogP contribution in [0.4, 0.5) is 0 Å². The highest BCUT2D eigenvalue weighted by molar-refractivity contribution is 5.38. The first-order valence-electron chi connectivity index (χ1n) is 8.44. The van der Waals surface area contributed by atoms with Gasteiger partial charge in [-0.05, 0) is 34.9 Å². The van der Waals surface area contributed by atoms with Gasteiger partial charge in [0.2, 0.25) is 0 Å². The Hall–Kier alpha value is -2.41. The second-order valence-electron chi connectivity index (χ2n) is 7.03. The van der Waals surface area contributed by atoms with Crippen LogP contribution < -0.4 is 5.56 Å². The van der Waals surface area contributed by atoms with Crippen molar-refractivity contribution < 1.29 is 0 Å². The van der Waals surface area contributed by atoms with Gasteiger partial charge in [-0.2, -0.15) is 10.4 Å². The maximum absolute atomic E-state index is 12.6. The molecule has 0 saturated heterocycles. The van der Waals surface area contributed by atoms with Crippen LogP contribution in [-0.2, 0) is 24.8 Å². The fourth-order valence-corrected chi connectivity index (χ4v) is 2.82. The predicted molar refractivity (Wildman–Crippen MR) is 96.2 cm³/mol. The summed E-state index contributed by atoms with van der Waals surface area (Å²) in [5, 5.41) is 13.9. The lowest BCUT2D eigenvalue weighted by Crippen LogP contribution is -2.29. The zero-order valence-electron chi connectivity index (χ0n) is 15.2. The molecular weight excluding hydrogens is 298 g/mol. The normalized spacial score (nSPS) is 11.3. The van der Waals surface area contributed by atoms with Crippen LogP contribution in [0.2, 0.25) is 0 Å². The Balaban J connectivity index is 2.44. The molecule has 0 fully saturated rings. The van der Waals surface area contributed by atoms with E-state index < -0.39 is 0 Å². The fraction of sp³-hybridized carbons (Fsp3) is 0.450. The summed E-state index contributed by atoms with van der Waals surface area (Å²) in [6.07, 6.45) is 1.36. The van der Waals surface area contributed by atoms with Gasteiger partial charge in [-0.3, -0.25) is 4.79 Å². The van der Waals surface area contributed by atoms with E-state index in [1.165, 1.54) is 10.2 Å². The zero-order chi connectivity index (χ0) is 17.9. The molecule has 0 aliphatic heterocycles. The highest BCUT2D eigenvalue weighted by atomic mass is 16.1. The number of hydrogen-bond acceptors (Lipinski definition) is 3. The fourth-order valence-electron chi connectivity index (χ4n) is 2.82. The van der Waals surface area contributed by atoms with Gasteiger partial charge in [0.15, 0.2) is 0 Å². The lowest BCUT2D eigenvalue weighted by atomic mass is 9.87. The molecule has 1 aromatic heterocycles. The molecule has 2 aromatic rings. The summed E-state index contributed by atoms with van der Waals surface area (Å²) in [5.74, 6) is 0. The van der Waals surface area contributed by atoms with Crippen LogP contribution in [0.25, 0.3) is 0 Å². The summed E-state index contributed by atoms with van der Waals surface area (Å²) < 4.78 is 1.42. The maximum atomic E-state index is 12.6.